The van der Waals surface area contributed by atoms with Crippen LogP contribution < -0.4 is 5.32 Å². The molecule has 0 unspecified atom stereocenters. The third kappa shape index (κ3) is 5.49. The Morgan fingerprint density at radius 2 is 1.95 bits per heavy atom. The summed E-state index contributed by atoms with van der Waals surface area (Å²) in [5, 5.41) is 22.6. The molecule has 102 valence electrons. The monoisotopic (exact) mass is 261 g/mol. The minimum absolute atomic E-state index is 0.118. The van der Waals surface area contributed by atoms with Crippen LogP contribution in [0.25, 0.3) is 0 Å². The van der Waals surface area contributed by atoms with Crippen molar-refractivity contribution in [3.8, 4) is 6.07 Å². The molecule has 0 aromatic heterocycles. The fourth-order valence-corrected chi connectivity index (χ4v) is 1.60. The number of nitro groups is 1. The van der Waals surface area contributed by atoms with Gasteiger partial charge in [-0.05, 0) is 45.3 Å². The SMILES string of the molecule is CC(C)(C#N)CCNCCc1ccc([N+](=O)[O-])cc1. The zero-order chi connectivity index (χ0) is 14.3. The summed E-state index contributed by atoms with van der Waals surface area (Å²) in [6.45, 7) is 5.45. The molecule has 0 aliphatic rings. The number of hydrogen-bond acceptors (Lipinski definition) is 4. The molecule has 0 aliphatic heterocycles. The Balaban J connectivity index is 2.27. The van der Waals surface area contributed by atoms with E-state index in [4.69, 9.17) is 5.26 Å². The molecule has 5 nitrogen and oxygen atoms in total. The van der Waals surface area contributed by atoms with Crippen molar-refractivity contribution in [1.82, 2.24) is 5.32 Å². The van der Waals surface area contributed by atoms with Gasteiger partial charge in [-0.2, -0.15) is 5.26 Å². The van der Waals surface area contributed by atoms with E-state index in [1.54, 1.807) is 12.1 Å². The highest BCUT2D eigenvalue weighted by molar-refractivity contribution is 5.32. The summed E-state index contributed by atoms with van der Waals surface area (Å²) in [5.74, 6) is 0. The first-order valence-electron chi connectivity index (χ1n) is 6.30. The van der Waals surface area contributed by atoms with Gasteiger partial charge in [0.05, 0.1) is 16.4 Å². The summed E-state index contributed by atoms with van der Waals surface area (Å²) >= 11 is 0. The largest absolute Gasteiger partial charge is 0.316 e. The fraction of sp³-hybridized carbons (Fsp3) is 0.500. The molecule has 1 rings (SSSR count). The molecule has 0 amide bonds. The van der Waals surface area contributed by atoms with Crippen molar-refractivity contribution in [2.45, 2.75) is 26.7 Å². The molecule has 19 heavy (non-hydrogen) atoms. The summed E-state index contributed by atoms with van der Waals surface area (Å²) in [7, 11) is 0. The second kappa shape index (κ2) is 6.86. The van der Waals surface area contributed by atoms with E-state index in [1.165, 1.54) is 12.1 Å². The fourth-order valence-electron chi connectivity index (χ4n) is 1.60. The molecule has 0 heterocycles. The Morgan fingerprint density at radius 3 is 2.47 bits per heavy atom. The van der Waals surface area contributed by atoms with Crippen LogP contribution in [0.4, 0.5) is 5.69 Å². The zero-order valence-electron chi connectivity index (χ0n) is 11.3. The molecule has 0 fully saturated rings. The quantitative estimate of drug-likeness (QED) is 0.465. The highest BCUT2D eigenvalue weighted by Gasteiger charge is 2.15. The van der Waals surface area contributed by atoms with Crippen LogP contribution >= 0.6 is 0 Å². The summed E-state index contributed by atoms with van der Waals surface area (Å²) in [5.41, 5.74) is 0.894. The standard InChI is InChI=1S/C14H19N3O2/c1-14(2,11-15)8-10-16-9-7-12-3-5-13(6-4-12)17(18)19/h3-6,16H,7-10H2,1-2H3. The molecule has 0 saturated carbocycles. The van der Waals surface area contributed by atoms with Gasteiger partial charge < -0.3 is 5.32 Å². The van der Waals surface area contributed by atoms with E-state index in [0.717, 1.165) is 31.5 Å². The van der Waals surface area contributed by atoms with Crippen LogP contribution in [0, 0.1) is 26.9 Å². The van der Waals surface area contributed by atoms with Crippen molar-refractivity contribution < 1.29 is 4.92 Å². The van der Waals surface area contributed by atoms with Gasteiger partial charge in [-0.15, -0.1) is 0 Å². The topological polar surface area (TPSA) is 79.0 Å². The maximum absolute atomic E-state index is 10.5. The first kappa shape index (κ1) is 15.1. The van der Waals surface area contributed by atoms with E-state index in [-0.39, 0.29) is 11.1 Å². The lowest BCUT2D eigenvalue weighted by molar-refractivity contribution is -0.384. The van der Waals surface area contributed by atoms with E-state index >= 15 is 0 Å². The van der Waals surface area contributed by atoms with E-state index in [0.29, 0.717) is 0 Å². The summed E-state index contributed by atoms with van der Waals surface area (Å²) in [6, 6.07) is 8.86. The molecule has 5 heteroatoms. The van der Waals surface area contributed by atoms with Gasteiger partial charge in [0.25, 0.3) is 5.69 Å². The minimum atomic E-state index is -0.397. The zero-order valence-corrected chi connectivity index (χ0v) is 11.3. The predicted molar refractivity (Wildman–Crippen MR) is 73.7 cm³/mol. The van der Waals surface area contributed by atoms with Crippen LogP contribution in [0.1, 0.15) is 25.8 Å². The third-order valence-electron chi connectivity index (χ3n) is 2.97. The average molecular weight is 261 g/mol. The van der Waals surface area contributed by atoms with Gasteiger partial charge in [-0.25, -0.2) is 0 Å². The van der Waals surface area contributed by atoms with Crippen LogP contribution in [0.3, 0.4) is 0 Å². The van der Waals surface area contributed by atoms with Crippen LogP contribution in [-0.4, -0.2) is 18.0 Å². The molecule has 0 radical (unpaired) electrons. The molecule has 1 aromatic carbocycles. The van der Waals surface area contributed by atoms with Crippen LogP contribution in [0.15, 0.2) is 24.3 Å². The lowest BCUT2D eigenvalue weighted by atomic mass is 9.91. The molecule has 0 aliphatic carbocycles. The van der Waals surface area contributed by atoms with E-state index in [2.05, 4.69) is 11.4 Å². The van der Waals surface area contributed by atoms with Crippen molar-refractivity contribution >= 4 is 5.69 Å². The molecule has 0 spiro atoms. The minimum Gasteiger partial charge on any atom is -0.316 e. The average Bonchev–Trinajstić information content (AvgIpc) is 2.39. The second-order valence-corrected chi connectivity index (χ2v) is 5.17. The number of nitrogens with zero attached hydrogens (tertiary/aromatic N) is 2. The van der Waals surface area contributed by atoms with Crippen LogP contribution in [-0.2, 0) is 6.42 Å². The van der Waals surface area contributed by atoms with Gasteiger partial charge in [-0.3, -0.25) is 10.1 Å². The molecular formula is C14H19N3O2. The van der Waals surface area contributed by atoms with Crippen LogP contribution in [0.2, 0.25) is 0 Å². The summed E-state index contributed by atoms with van der Waals surface area (Å²) in [4.78, 5) is 10.1. The second-order valence-electron chi connectivity index (χ2n) is 5.17. The molecule has 1 N–H and O–H groups in total. The lowest BCUT2D eigenvalue weighted by Crippen LogP contribution is -2.23. The first-order valence-corrected chi connectivity index (χ1v) is 6.30. The molecular weight excluding hydrogens is 242 g/mol. The number of nitrogens with one attached hydrogen (secondary N) is 1. The van der Waals surface area contributed by atoms with Gasteiger partial charge in [-0.1, -0.05) is 12.1 Å². The number of nitro benzene ring substituents is 1. The number of hydrogen-bond donors (Lipinski definition) is 1. The summed E-state index contributed by atoms with van der Waals surface area (Å²) in [6.07, 6.45) is 1.63. The van der Waals surface area contributed by atoms with Crippen molar-refractivity contribution in [2.75, 3.05) is 13.1 Å². The maximum Gasteiger partial charge on any atom is 0.269 e. The van der Waals surface area contributed by atoms with Crippen molar-refractivity contribution in [2.24, 2.45) is 5.41 Å². The number of benzene rings is 1. The Hall–Kier alpha value is -1.93. The number of rotatable bonds is 7. The highest BCUT2D eigenvalue weighted by atomic mass is 16.6. The van der Waals surface area contributed by atoms with Gasteiger partial charge in [0, 0.05) is 12.1 Å². The first-order chi connectivity index (χ1) is 8.94. The Morgan fingerprint density at radius 1 is 1.32 bits per heavy atom. The van der Waals surface area contributed by atoms with Gasteiger partial charge in [0.2, 0.25) is 0 Å². The van der Waals surface area contributed by atoms with Crippen molar-refractivity contribution in [1.29, 1.82) is 5.26 Å². The van der Waals surface area contributed by atoms with Crippen molar-refractivity contribution in [3.05, 3.63) is 39.9 Å². The number of nitriles is 1. The molecule has 0 bridgehead atoms. The van der Waals surface area contributed by atoms with E-state index in [1.807, 2.05) is 13.8 Å². The molecule has 1 aromatic rings. The molecule has 0 atom stereocenters. The van der Waals surface area contributed by atoms with E-state index < -0.39 is 4.92 Å². The normalized spacial score (nSPS) is 11.0. The van der Waals surface area contributed by atoms with Crippen LogP contribution in [0.5, 0.6) is 0 Å². The Labute approximate surface area is 113 Å². The molecule has 0 saturated heterocycles. The third-order valence-corrected chi connectivity index (χ3v) is 2.97. The number of non-ortho nitro benzene ring substituents is 1. The van der Waals surface area contributed by atoms with E-state index in [9.17, 15) is 10.1 Å². The van der Waals surface area contributed by atoms with Gasteiger partial charge in [0.15, 0.2) is 0 Å². The van der Waals surface area contributed by atoms with Gasteiger partial charge >= 0.3 is 0 Å². The maximum atomic E-state index is 10.5. The predicted octanol–water partition coefficient (Wildman–Crippen LogP) is 2.67. The smallest absolute Gasteiger partial charge is 0.269 e. The lowest BCUT2D eigenvalue weighted by Gasteiger charge is -2.14. The Kier molecular flexibility index (Phi) is 5.46. The highest BCUT2D eigenvalue weighted by Crippen LogP contribution is 2.17. The summed E-state index contributed by atoms with van der Waals surface area (Å²) < 4.78 is 0. The van der Waals surface area contributed by atoms with Gasteiger partial charge in [0.1, 0.15) is 0 Å². The Bertz CT molecular complexity index is 461. The van der Waals surface area contributed by atoms with Crippen molar-refractivity contribution in [3.63, 3.8) is 0 Å².